The largest absolute Gasteiger partial charge is 0.305 e. The Balaban J connectivity index is 1.63. The molecule has 120 valence electrons. The second-order valence-electron chi connectivity index (χ2n) is 5.10. The quantitative estimate of drug-likeness (QED) is 0.858. The van der Waals surface area contributed by atoms with Crippen molar-refractivity contribution in [2.75, 3.05) is 18.1 Å². The van der Waals surface area contributed by atoms with E-state index < -0.39 is 0 Å². The molecule has 2 aromatic rings. The third kappa shape index (κ3) is 3.94. The maximum Gasteiger partial charge on any atom is 0.236 e. The lowest BCUT2D eigenvalue weighted by molar-refractivity contribution is -0.117. The molecule has 8 heteroatoms. The van der Waals surface area contributed by atoms with E-state index in [1.165, 1.54) is 17.3 Å². The number of thioether (sulfide) groups is 2. The number of carbonyl (C=O) groups excluding carboxylic acids is 1. The van der Waals surface area contributed by atoms with E-state index in [1.54, 1.807) is 11.8 Å². The van der Waals surface area contributed by atoms with Crippen molar-refractivity contribution in [3.63, 3.8) is 0 Å². The molecule has 0 spiro atoms. The van der Waals surface area contributed by atoms with Gasteiger partial charge in [-0.25, -0.2) is 0 Å². The van der Waals surface area contributed by atoms with E-state index in [1.807, 2.05) is 42.8 Å². The molecular formula is C15H17N5OS2. The van der Waals surface area contributed by atoms with Crippen LogP contribution >= 0.6 is 23.5 Å². The van der Waals surface area contributed by atoms with Crippen molar-refractivity contribution in [1.82, 2.24) is 20.1 Å². The third-order valence-electron chi connectivity index (χ3n) is 3.31. The zero-order valence-corrected chi connectivity index (χ0v) is 14.6. The molecule has 23 heavy (non-hydrogen) atoms. The first kappa shape index (κ1) is 16.1. The van der Waals surface area contributed by atoms with Crippen molar-refractivity contribution in [2.45, 2.75) is 12.1 Å². The number of aromatic nitrogens is 3. The highest BCUT2D eigenvalue weighted by molar-refractivity contribution is 8.14. The second-order valence-corrected chi connectivity index (χ2v) is 7.13. The molecule has 3 rings (SSSR count). The van der Waals surface area contributed by atoms with E-state index in [0.29, 0.717) is 10.9 Å². The van der Waals surface area contributed by atoms with Crippen LogP contribution in [0.15, 0.2) is 34.4 Å². The van der Waals surface area contributed by atoms with Crippen molar-refractivity contribution >= 4 is 34.6 Å². The summed E-state index contributed by atoms with van der Waals surface area (Å²) in [6.07, 6.45) is 0. The Morgan fingerprint density at radius 3 is 2.83 bits per heavy atom. The predicted octanol–water partition coefficient (Wildman–Crippen LogP) is 2.10. The fourth-order valence-corrected chi connectivity index (χ4v) is 3.55. The molecular weight excluding hydrogens is 330 g/mol. The Hall–Kier alpha value is -1.80. The van der Waals surface area contributed by atoms with Crippen molar-refractivity contribution in [1.29, 1.82) is 0 Å². The average molecular weight is 347 g/mol. The average Bonchev–Trinajstić information content (AvgIpc) is 3.16. The number of amidine groups is 1. The van der Waals surface area contributed by atoms with Gasteiger partial charge in [-0.1, -0.05) is 53.4 Å². The molecule has 0 atom stereocenters. The van der Waals surface area contributed by atoms with Crippen LogP contribution in [0.25, 0.3) is 11.4 Å². The molecule has 1 aromatic carbocycles. The maximum absolute atomic E-state index is 11.9. The summed E-state index contributed by atoms with van der Waals surface area (Å²) >= 11 is 2.94. The summed E-state index contributed by atoms with van der Waals surface area (Å²) < 4.78 is 1.91. The number of rotatable bonds is 4. The van der Waals surface area contributed by atoms with Crippen LogP contribution in [0.1, 0.15) is 5.56 Å². The Bertz CT molecular complexity index is 739. The van der Waals surface area contributed by atoms with Gasteiger partial charge in [0.1, 0.15) is 0 Å². The molecule has 6 nitrogen and oxygen atoms in total. The molecule has 1 N–H and O–H groups in total. The number of aryl methyl sites for hydroxylation is 1. The summed E-state index contributed by atoms with van der Waals surface area (Å²) in [5, 5.41) is 12.7. The molecule has 2 heterocycles. The Morgan fingerprint density at radius 2 is 2.13 bits per heavy atom. The molecule has 0 bridgehead atoms. The number of nitrogens with one attached hydrogen (secondary N) is 1. The number of benzene rings is 1. The second kappa shape index (κ2) is 7.18. The maximum atomic E-state index is 11.9. The summed E-state index contributed by atoms with van der Waals surface area (Å²) in [5.74, 6) is 1.96. The normalized spacial score (nSPS) is 13.9. The molecule has 0 aliphatic carbocycles. The first-order chi connectivity index (χ1) is 11.1. The van der Waals surface area contributed by atoms with Crippen molar-refractivity contribution in [3.05, 3.63) is 29.8 Å². The minimum Gasteiger partial charge on any atom is -0.305 e. The summed E-state index contributed by atoms with van der Waals surface area (Å²) in [6, 6.07) is 8.14. The SMILES string of the molecule is Cc1ccc(-c2nnc(SCC(=O)NC3=NCCS3)n2C)cc1. The molecule has 1 aliphatic heterocycles. The van der Waals surface area contributed by atoms with Gasteiger partial charge in [-0.2, -0.15) is 0 Å². The molecule has 0 saturated heterocycles. The van der Waals surface area contributed by atoms with Gasteiger partial charge < -0.3 is 9.88 Å². The summed E-state index contributed by atoms with van der Waals surface area (Å²) in [7, 11) is 1.91. The van der Waals surface area contributed by atoms with E-state index in [-0.39, 0.29) is 5.91 Å². The molecule has 0 unspecified atom stereocenters. The topological polar surface area (TPSA) is 72.2 Å². The standard InChI is InChI=1S/C15H17N5OS2/c1-10-3-5-11(6-4-10)13-18-19-15(20(13)2)23-9-12(21)17-14-16-7-8-22-14/h3-6H,7-9H2,1-2H3,(H,16,17,21). The van der Waals surface area contributed by atoms with E-state index in [0.717, 1.165) is 28.8 Å². The van der Waals surface area contributed by atoms with Gasteiger partial charge in [0.05, 0.1) is 12.3 Å². The van der Waals surface area contributed by atoms with Gasteiger partial charge in [-0.05, 0) is 6.92 Å². The number of carbonyl (C=O) groups is 1. The Morgan fingerprint density at radius 1 is 1.35 bits per heavy atom. The van der Waals surface area contributed by atoms with Gasteiger partial charge in [0.15, 0.2) is 16.1 Å². The lowest BCUT2D eigenvalue weighted by Gasteiger charge is -2.05. The smallest absolute Gasteiger partial charge is 0.236 e. The van der Waals surface area contributed by atoms with Crippen LogP contribution in [-0.4, -0.2) is 43.9 Å². The Labute approximate surface area is 143 Å². The zero-order valence-electron chi connectivity index (χ0n) is 12.9. The van der Waals surface area contributed by atoms with Crippen LogP contribution in [0.5, 0.6) is 0 Å². The fraction of sp³-hybridized carbons (Fsp3) is 0.333. The first-order valence-electron chi connectivity index (χ1n) is 7.20. The highest BCUT2D eigenvalue weighted by atomic mass is 32.2. The lowest BCUT2D eigenvalue weighted by Crippen LogP contribution is -2.29. The molecule has 0 saturated carbocycles. The van der Waals surface area contributed by atoms with Gasteiger partial charge in [-0.3, -0.25) is 9.79 Å². The molecule has 0 fully saturated rings. The molecule has 1 amide bonds. The van der Waals surface area contributed by atoms with Gasteiger partial charge >= 0.3 is 0 Å². The van der Waals surface area contributed by atoms with E-state index in [2.05, 4.69) is 20.5 Å². The number of aliphatic imine (C=N–C) groups is 1. The van der Waals surface area contributed by atoms with Crippen molar-refractivity contribution in [2.24, 2.45) is 12.0 Å². The monoisotopic (exact) mass is 347 g/mol. The van der Waals surface area contributed by atoms with Crippen LogP contribution in [0, 0.1) is 6.92 Å². The van der Waals surface area contributed by atoms with E-state index >= 15 is 0 Å². The minimum absolute atomic E-state index is 0.0666. The van der Waals surface area contributed by atoms with Gasteiger partial charge in [0, 0.05) is 18.4 Å². The number of hydrogen-bond acceptors (Lipinski definition) is 6. The highest BCUT2D eigenvalue weighted by Gasteiger charge is 2.15. The Kier molecular flexibility index (Phi) is 5.02. The van der Waals surface area contributed by atoms with Crippen LogP contribution in [-0.2, 0) is 11.8 Å². The van der Waals surface area contributed by atoms with Gasteiger partial charge in [0.25, 0.3) is 0 Å². The van der Waals surface area contributed by atoms with Crippen LogP contribution < -0.4 is 5.32 Å². The fourth-order valence-electron chi connectivity index (χ4n) is 2.09. The highest BCUT2D eigenvalue weighted by Crippen LogP contribution is 2.22. The molecule has 0 radical (unpaired) electrons. The minimum atomic E-state index is -0.0666. The number of nitrogens with zero attached hydrogens (tertiary/aromatic N) is 4. The van der Waals surface area contributed by atoms with Gasteiger partial charge in [0.2, 0.25) is 5.91 Å². The summed E-state index contributed by atoms with van der Waals surface area (Å²) in [6.45, 7) is 2.82. The molecule has 1 aromatic heterocycles. The van der Waals surface area contributed by atoms with Crippen LogP contribution in [0.4, 0.5) is 0 Å². The van der Waals surface area contributed by atoms with E-state index in [4.69, 9.17) is 0 Å². The van der Waals surface area contributed by atoms with Crippen molar-refractivity contribution < 1.29 is 4.79 Å². The number of amides is 1. The predicted molar refractivity (Wildman–Crippen MR) is 94.8 cm³/mol. The lowest BCUT2D eigenvalue weighted by atomic mass is 10.1. The van der Waals surface area contributed by atoms with E-state index in [9.17, 15) is 4.79 Å². The van der Waals surface area contributed by atoms with Crippen molar-refractivity contribution in [3.8, 4) is 11.4 Å². The zero-order chi connectivity index (χ0) is 16.2. The van der Waals surface area contributed by atoms with Crippen LogP contribution in [0.2, 0.25) is 0 Å². The van der Waals surface area contributed by atoms with Crippen LogP contribution in [0.3, 0.4) is 0 Å². The van der Waals surface area contributed by atoms with Gasteiger partial charge in [-0.15, -0.1) is 10.2 Å². The summed E-state index contributed by atoms with van der Waals surface area (Å²) in [4.78, 5) is 16.1. The molecule has 1 aliphatic rings. The first-order valence-corrected chi connectivity index (χ1v) is 9.17. The number of hydrogen-bond donors (Lipinski definition) is 1. The third-order valence-corrected chi connectivity index (χ3v) is 5.22. The summed E-state index contributed by atoms with van der Waals surface area (Å²) in [5.41, 5.74) is 2.22.